The van der Waals surface area contributed by atoms with Crippen LogP contribution in [0.25, 0.3) is 12.2 Å². The smallest absolute Gasteiger partial charge is 0.229 e. The van der Waals surface area contributed by atoms with Gasteiger partial charge in [-0.1, -0.05) is 18.2 Å². The highest BCUT2D eigenvalue weighted by atomic mass is 16.7. The van der Waals surface area contributed by atoms with Crippen molar-refractivity contribution in [3.8, 4) is 23.0 Å². The fraction of sp³-hybridized carbons (Fsp3) is 0.333. The molecule has 9 nitrogen and oxygen atoms in total. The van der Waals surface area contributed by atoms with E-state index in [0.29, 0.717) is 16.9 Å². The Bertz CT molecular complexity index is 896. The van der Waals surface area contributed by atoms with Crippen molar-refractivity contribution in [2.24, 2.45) is 0 Å². The molecule has 1 aliphatic rings. The van der Waals surface area contributed by atoms with Crippen LogP contribution < -0.4 is 9.47 Å². The van der Waals surface area contributed by atoms with Crippen molar-refractivity contribution in [1.29, 1.82) is 0 Å². The van der Waals surface area contributed by atoms with E-state index >= 15 is 0 Å². The summed E-state index contributed by atoms with van der Waals surface area (Å²) in [4.78, 5) is 0. The number of hydrogen-bond donors (Lipinski definition) is 6. The third kappa shape index (κ3) is 4.84. The zero-order valence-electron chi connectivity index (χ0n) is 16.1. The van der Waals surface area contributed by atoms with Gasteiger partial charge < -0.3 is 44.8 Å². The molecule has 0 aliphatic carbocycles. The lowest BCUT2D eigenvalue weighted by molar-refractivity contribution is -0.277. The summed E-state index contributed by atoms with van der Waals surface area (Å²) in [7, 11) is 1.45. The van der Waals surface area contributed by atoms with Gasteiger partial charge in [0.15, 0.2) is 11.5 Å². The van der Waals surface area contributed by atoms with Gasteiger partial charge in [0.2, 0.25) is 6.29 Å². The van der Waals surface area contributed by atoms with E-state index in [0.717, 1.165) is 0 Å². The first-order valence-corrected chi connectivity index (χ1v) is 9.18. The van der Waals surface area contributed by atoms with Crippen LogP contribution in [-0.4, -0.2) is 75.1 Å². The molecule has 5 atom stereocenters. The molecule has 1 saturated heterocycles. The summed E-state index contributed by atoms with van der Waals surface area (Å²) in [6, 6.07) is 9.19. The zero-order valence-corrected chi connectivity index (χ0v) is 16.1. The predicted octanol–water partition coefficient (Wildman–Crippen LogP) is 0.455. The monoisotopic (exact) mass is 420 g/mol. The Morgan fingerprint density at radius 3 is 2.33 bits per heavy atom. The lowest BCUT2D eigenvalue weighted by Gasteiger charge is -2.39. The SMILES string of the molecule is COc1ccc(C=Cc2cc(O)cc(O[C@H]3O[C@@H](CO)[C@H](O)[C@@H](O)[C@@H]3O)c2)cc1O. The number of phenolic OH excluding ortho intramolecular Hbond substituents is 2. The average Bonchev–Trinajstić information content (AvgIpc) is 2.72. The predicted molar refractivity (Wildman–Crippen MR) is 106 cm³/mol. The number of phenols is 2. The number of rotatable bonds is 6. The molecule has 0 amide bonds. The summed E-state index contributed by atoms with van der Waals surface area (Å²) >= 11 is 0. The third-order valence-corrected chi connectivity index (χ3v) is 4.69. The Kier molecular flexibility index (Phi) is 6.80. The molecule has 9 heteroatoms. The number of aliphatic hydroxyl groups is 4. The molecule has 0 bridgehead atoms. The Hall–Kier alpha value is -2.82. The molecule has 0 saturated carbocycles. The molecule has 0 radical (unpaired) electrons. The first-order valence-electron chi connectivity index (χ1n) is 9.18. The van der Waals surface area contributed by atoms with E-state index in [4.69, 9.17) is 14.2 Å². The highest BCUT2D eigenvalue weighted by molar-refractivity contribution is 5.72. The molecule has 6 N–H and O–H groups in total. The third-order valence-electron chi connectivity index (χ3n) is 4.69. The molecule has 3 rings (SSSR count). The normalized spacial score (nSPS) is 26.6. The number of aliphatic hydroxyl groups excluding tert-OH is 4. The zero-order chi connectivity index (χ0) is 21.8. The van der Waals surface area contributed by atoms with Gasteiger partial charge in [0, 0.05) is 6.07 Å². The summed E-state index contributed by atoms with van der Waals surface area (Å²) in [5.41, 5.74) is 1.23. The highest BCUT2D eigenvalue weighted by Gasteiger charge is 2.44. The lowest BCUT2D eigenvalue weighted by atomic mass is 9.99. The number of benzene rings is 2. The van der Waals surface area contributed by atoms with Crippen LogP contribution in [0.4, 0.5) is 0 Å². The van der Waals surface area contributed by atoms with Gasteiger partial charge in [-0.15, -0.1) is 0 Å². The Balaban J connectivity index is 1.77. The number of ether oxygens (including phenoxy) is 3. The van der Waals surface area contributed by atoms with E-state index in [2.05, 4.69) is 0 Å². The number of aromatic hydroxyl groups is 2. The van der Waals surface area contributed by atoms with Crippen LogP contribution in [0, 0.1) is 0 Å². The average molecular weight is 420 g/mol. The van der Waals surface area contributed by atoms with Crippen molar-refractivity contribution < 1.29 is 44.8 Å². The topological polar surface area (TPSA) is 149 Å². The summed E-state index contributed by atoms with van der Waals surface area (Å²) in [6.07, 6.45) is -3.72. The lowest BCUT2D eigenvalue weighted by Crippen LogP contribution is -2.60. The maximum Gasteiger partial charge on any atom is 0.229 e. The molecule has 0 aromatic heterocycles. The van der Waals surface area contributed by atoms with Crippen LogP contribution in [-0.2, 0) is 4.74 Å². The van der Waals surface area contributed by atoms with Crippen molar-refractivity contribution in [3.05, 3.63) is 47.5 Å². The highest BCUT2D eigenvalue weighted by Crippen LogP contribution is 2.30. The van der Waals surface area contributed by atoms with E-state index in [9.17, 15) is 30.6 Å². The summed E-state index contributed by atoms with van der Waals surface area (Å²) in [6.45, 7) is -0.576. The standard InChI is InChI=1S/C21H24O9/c1-28-16-5-4-11(8-15(16)24)2-3-12-6-13(23)9-14(7-12)29-21-20(27)19(26)18(25)17(10-22)30-21/h2-9,17-27H,10H2,1H3/t17-,18-,19+,20-,21-/m0/s1. The molecule has 0 spiro atoms. The molecule has 1 heterocycles. The summed E-state index contributed by atoms with van der Waals surface area (Å²) < 4.78 is 15.8. The Morgan fingerprint density at radius 2 is 1.67 bits per heavy atom. The van der Waals surface area contributed by atoms with Gasteiger partial charge in [-0.05, 0) is 35.4 Å². The van der Waals surface area contributed by atoms with Crippen LogP contribution in [0.2, 0.25) is 0 Å². The summed E-state index contributed by atoms with van der Waals surface area (Å²) in [5.74, 6) is 0.354. The molecule has 0 unspecified atom stereocenters. The van der Waals surface area contributed by atoms with E-state index in [1.807, 2.05) is 0 Å². The fourth-order valence-electron chi connectivity index (χ4n) is 3.07. The van der Waals surface area contributed by atoms with Gasteiger partial charge in [-0.2, -0.15) is 0 Å². The maximum atomic E-state index is 10.1. The molecule has 1 fully saturated rings. The second-order valence-corrected chi connectivity index (χ2v) is 6.84. The van der Waals surface area contributed by atoms with E-state index in [-0.39, 0.29) is 17.2 Å². The minimum absolute atomic E-state index is 0.0119. The van der Waals surface area contributed by atoms with Gasteiger partial charge in [-0.25, -0.2) is 0 Å². The van der Waals surface area contributed by atoms with Crippen LogP contribution in [0.3, 0.4) is 0 Å². The van der Waals surface area contributed by atoms with Crippen LogP contribution >= 0.6 is 0 Å². The molecule has 2 aromatic carbocycles. The van der Waals surface area contributed by atoms with Gasteiger partial charge in [0.1, 0.15) is 35.9 Å². The second-order valence-electron chi connectivity index (χ2n) is 6.84. The van der Waals surface area contributed by atoms with Crippen molar-refractivity contribution in [2.45, 2.75) is 30.7 Å². The molecule has 1 aliphatic heterocycles. The molecule has 30 heavy (non-hydrogen) atoms. The van der Waals surface area contributed by atoms with Gasteiger partial charge in [-0.3, -0.25) is 0 Å². The van der Waals surface area contributed by atoms with Gasteiger partial charge >= 0.3 is 0 Å². The second kappa shape index (κ2) is 9.33. The fourth-order valence-corrected chi connectivity index (χ4v) is 3.07. The van der Waals surface area contributed by atoms with Crippen LogP contribution in [0.1, 0.15) is 11.1 Å². The van der Waals surface area contributed by atoms with Crippen molar-refractivity contribution in [2.75, 3.05) is 13.7 Å². The number of hydrogen-bond acceptors (Lipinski definition) is 9. The van der Waals surface area contributed by atoms with E-state index in [1.54, 1.807) is 30.4 Å². The molecular weight excluding hydrogens is 396 g/mol. The van der Waals surface area contributed by atoms with Gasteiger partial charge in [0.25, 0.3) is 0 Å². The maximum absolute atomic E-state index is 10.1. The molecule has 162 valence electrons. The van der Waals surface area contributed by atoms with Crippen molar-refractivity contribution >= 4 is 12.2 Å². The number of methoxy groups -OCH3 is 1. The first kappa shape index (κ1) is 21.9. The molecular formula is C21H24O9. The van der Waals surface area contributed by atoms with Crippen molar-refractivity contribution in [3.63, 3.8) is 0 Å². The minimum atomic E-state index is -1.57. The minimum Gasteiger partial charge on any atom is -0.508 e. The first-order chi connectivity index (χ1) is 14.3. The van der Waals surface area contributed by atoms with Gasteiger partial charge in [0.05, 0.1) is 13.7 Å². The molecule has 2 aromatic rings. The Labute approximate surface area is 172 Å². The Morgan fingerprint density at radius 1 is 0.933 bits per heavy atom. The quantitative estimate of drug-likeness (QED) is 0.366. The van der Waals surface area contributed by atoms with E-state index < -0.39 is 37.3 Å². The van der Waals surface area contributed by atoms with Crippen molar-refractivity contribution in [1.82, 2.24) is 0 Å². The van der Waals surface area contributed by atoms with E-state index in [1.165, 1.54) is 25.3 Å². The largest absolute Gasteiger partial charge is 0.508 e. The van der Waals surface area contributed by atoms with Crippen LogP contribution in [0.5, 0.6) is 23.0 Å². The summed E-state index contributed by atoms with van der Waals surface area (Å²) in [5, 5.41) is 58.9. The van der Waals surface area contributed by atoms with Crippen LogP contribution in [0.15, 0.2) is 36.4 Å².